The summed E-state index contributed by atoms with van der Waals surface area (Å²) in [6, 6.07) is 1.20. The summed E-state index contributed by atoms with van der Waals surface area (Å²) < 4.78 is 5.45. The van der Waals surface area contributed by atoms with Gasteiger partial charge in [-0.1, -0.05) is 20.8 Å². The summed E-state index contributed by atoms with van der Waals surface area (Å²) in [5, 5.41) is 3.70. The van der Waals surface area contributed by atoms with E-state index in [1.807, 2.05) is 0 Å². The molecule has 1 aliphatic carbocycles. The second-order valence-corrected chi connectivity index (χ2v) is 6.64. The third-order valence-electron chi connectivity index (χ3n) is 4.04. The van der Waals surface area contributed by atoms with Crippen molar-refractivity contribution >= 4 is 0 Å². The Hall–Kier alpha value is -0.0800. The molecular weight excluding hydrogens is 210 g/mol. The van der Waals surface area contributed by atoms with Crippen molar-refractivity contribution in [3.05, 3.63) is 0 Å². The molecule has 0 spiro atoms. The van der Waals surface area contributed by atoms with Crippen LogP contribution in [0.5, 0.6) is 0 Å². The highest BCUT2D eigenvalue weighted by atomic mass is 16.5. The second kappa shape index (κ2) is 6.75. The minimum Gasteiger partial charge on any atom is -0.380 e. The predicted molar refractivity (Wildman–Crippen MR) is 74.3 cm³/mol. The van der Waals surface area contributed by atoms with Crippen LogP contribution in [-0.2, 0) is 4.74 Å². The van der Waals surface area contributed by atoms with Crippen LogP contribution in [0.15, 0.2) is 0 Å². The molecule has 0 radical (unpaired) electrons. The molecule has 0 aromatic heterocycles. The molecule has 1 aliphatic rings. The van der Waals surface area contributed by atoms with E-state index in [9.17, 15) is 0 Å². The SMILES string of the molecule is CCOCC(C)NC1CCC(C(C)(C)C)CC1. The minimum atomic E-state index is 0.488. The molecule has 1 atom stereocenters. The Morgan fingerprint density at radius 3 is 2.24 bits per heavy atom. The quantitative estimate of drug-likeness (QED) is 0.794. The van der Waals surface area contributed by atoms with Gasteiger partial charge in [0.25, 0.3) is 0 Å². The lowest BCUT2D eigenvalue weighted by atomic mass is 9.71. The van der Waals surface area contributed by atoms with Crippen LogP contribution in [0.2, 0.25) is 0 Å². The maximum absolute atomic E-state index is 5.45. The third-order valence-corrected chi connectivity index (χ3v) is 4.04. The molecular formula is C15H31NO. The van der Waals surface area contributed by atoms with Crippen molar-refractivity contribution in [2.45, 2.75) is 72.4 Å². The Morgan fingerprint density at radius 1 is 1.18 bits per heavy atom. The largest absolute Gasteiger partial charge is 0.380 e. The lowest BCUT2D eigenvalue weighted by Gasteiger charge is -2.38. The lowest BCUT2D eigenvalue weighted by Crippen LogP contribution is -2.42. The predicted octanol–water partition coefficient (Wildman–Crippen LogP) is 3.61. The van der Waals surface area contributed by atoms with Crippen LogP contribution in [0.1, 0.15) is 60.3 Å². The topological polar surface area (TPSA) is 21.3 Å². The smallest absolute Gasteiger partial charge is 0.0616 e. The summed E-state index contributed by atoms with van der Waals surface area (Å²) in [7, 11) is 0. The third kappa shape index (κ3) is 5.39. The monoisotopic (exact) mass is 241 g/mol. The molecule has 2 heteroatoms. The zero-order chi connectivity index (χ0) is 12.9. The van der Waals surface area contributed by atoms with Gasteiger partial charge in [-0.3, -0.25) is 0 Å². The first-order valence-electron chi connectivity index (χ1n) is 7.27. The van der Waals surface area contributed by atoms with E-state index in [4.69, 9.17) is 4.74 Å². The Kier molecular flexibility index (Phi) is 5.94. The Bertz CT molecular complexity index is 201. The van der Waals surface area contributed by atoms with E-state index < -0.39 is 0 Å². The van der Waals surface area contributed by atoms with Crippen molar-refractivity contribution in [1.82, 2.24) is 5.32 Å². The molecule has 17 heavy (non-hydrogen) atoms. The average Bonchev–Trinajstić information content (AvgIpc) is 2.26. The first kappa shape index (κ1) is 15.0. The number of rotatable bonds is 5. The minimum absolute atomic E-state index is 0.488. The summed E-state index contributed by atoms with van der Waals surface area (Å²) in [6.45, 7) is 13.1. The average molecular weight is 241 g/mol. The maximum atomic E-state index is 5.45. The van der Waals surface area contributed by atoms with Crippen molar-refractivity contribution < 1.29 is 4.74 Å². The van der Waals surface area contributed by atoms with Crippen molar-refractivity contribution in [3.63, 3.8) is 0 Å². The van der Waals surface area contributed by atoms with Gasteiger partial charge < -0.3 is 10.1 Å². The fourth-order valence-corrected chi connectivity index (χ4v) is 2.87. The van der Waals surface area contributed by atoms with Gasteiger partial charge in [-0.2, -0.15) is 0 Å². The Morgan fingerprint density at radius 2 is 1.76 bits per heavy atom. The van der Waals surface area contributed by atoms with Gasteiger partial charge in [0, 0.05) is 18.7 Å². The van der Waals surface area contributed by atoms with Crippen LogP contribution in [0.4, 0.5) is 0 Å². The van der Waals surface area contributed by atoms with E-state index in [0.717, 1.165) is 19.1 Å². The Balaban J connectivity index is 2.23. The van der Waals surface area contributed by atoms with Crippen LogP contribution >= 0.6 is 0 Å². The summed E-state index contributed by atoms with van der Waals surface area (Å²) in [6.07, 6.45) is 5.42. The van der Waals surface area contributed by atoms with E-state index in [2.05, 4.69) is 39.9 Å². The van der Waals surface area contributed by atoms with Crippen LogP contribution in [0.25, 0.3) is 0 Å². The highest BCUT2D eigenvalue weighted by molar-refractivity contribution is 4.84. The van der Waals surface area contributed by atoms with Crippen LogP contribution in [0, 0.1) is 11.3 Å². The van der Waals surface area contributed by atoms with Crippen molar-refractivity contribution in [1.29, 1.82) is 0 Å². The number of nitrogens with one attached hydrogen (secondary N) is 1. The highest BCUT2D eigenvalue weighted by Crippen LogP contribution is 2.37. The molecule has 0 bridgehead atoms. The van der Waals surface area contributed by atoms with E-state index in [1.165, 1.54) is 25.7 Å². The molecule has 0 aromatic carbocycles. The standard InChI is InChI=1S/C15H31NO/c1-6-17-11-12(2)16-14-9-7-13(8-10-14)15(3,4)5/h12-14,16H,6-11H2,1-5H3. The zero-order valence-corrected chi connectivity index (χ0v) is 12.4. The highest BCUT2D eigenvalue weighted by Gasteiger charge is 2.29. The van der Waals surface area contributed by atoms with Gasteiger partial charge in [0.15, 0.2) is 0 Å². The molecule has 1 rings (SSSR count). The number of ether oxygens (including phenoxy) is 1. The van der Waals surface area contributed by atoms with Gasteiger partial charge >= 0.3 is 0 Å². The lowest BCUT2D eigenvalue weighted by molar-refractivity contribution is 0.111. The molecule has 2 nitrogen and oxygen atoms in total. The van der Waals surface area contributed by atoms with Gasteiger partial charge in [0.2, 0.25) is 0 Å². The molecule has 0 saturated heterocycles. The first-order chi connectivity index (χ1) is 7.93. The molecule has 1 fully saturated rings. The van der Waals surface area contributed by atoms with Crippen molar-refractivity contribution in [2.75, 3.05) is 13.2 Å². The normalized spacial score (nSPS) is 28.1. The molecule has 0 heterocycles. The summed E-state index contributed by atoms with van der Waals surface area (Å²) >= 11 is 0. The van der Waals surface area contributed by atoms with Crippen LogP contribution in [-0.4, -0.2) is 25.3 Å². The number of hydrogen-bond acceptors (Lipinski definition) is 2. The molecule has 0 amide bonds. The summed E-state index contributed by atoms with van der Waals surface area (Å²) in [4.78, 5) is 0. The molecule has 102 valence electrons. The molecule has 1 N–H and O–H groups in total. The van der Waals surface area contributed by atoms with Gasteiger partial charge in [-0.15, -0.1) is 0 Å². The van der Waals surface area contributed by atoms with Crippen LogP contribution in [0.3, 0.4) is 0 Å². The summed E-state index contributed by atoms with van der Waals surface area (Å²) in [5.74, 6) is 0.905. The van der Waals surface area contributed by atoms with Crippen LogP contribution < -0.4 is 5.32 Å². The number of hydrogen-bond donors (Lipinski definition) is 1. The van der Waals surface area contributed by atoms with E-state index in [-0.39, 0.29) is 0 Å². The van der Waals surface area contributed by atoms with Gasteiger partial charge in [0.05, 0.1) is 6.61 Å². The van der Waals surface area contributed by atoms with E-state index >= 15 is 0 Å². The fourth-order valence-electron chi connectivity index (χ4n) is 2.87. The van der Waals surface area contributed by atoms with Gasteiger partial charge in [-0.25, -0.2) is 0 Å². The zero-order valence-electron chi connectivity index (χ0n) is 12.4. The Labute approximate surface area is 108 Å². The second-order valence-electron chi connectivity index (χ2n) is 6.64. The molecule has 0 aliphatic heterocycles. The van der Waals surface area contributed by atoms with E-state index in [1.54, 1.807) is 0 Å². The molecule has 1 unspecified atom stereocenters. The first-order valence-corrected chi connectivity index (χ1v) is 7.27. The summed E-state index contributed by atoms with van der Waals surface area (Å²) in [5.41, 5.74) is 0.488. The van der Waals surface area contributed by atoms with Crippen molar-refractivity contribution in [2.24, 2.45) is 11.3 Å². The van der Waals surface area contributed by atoms with Crippen molar-refractivity contribution in [3.8, 4) is 0 Å². The van der Waals surface area contributed by atoms with Gasteiger partial charge in [-0.05, 0) is 50.9 Å². The molecule has 1 saturated carbocycles. The van der Waals surface area contributed by atoms with E-state index in [0.29, 0.717) is 17.5 Å². The van der Waals surface area contributed by atoms with Gasteiger partial charge in [0.1, 0.15) is 0 Å². The maximum Gasteiger partial charge on any atom is 0.0616 e. The fraction of sp³-hybridized carbons (Fsp3) is 1.00. The molecule has 0 aromatic rings.